The number of nitrogens with one attached hydrogen (secondary N) is 1. The summed E-state index contributed by atoms with van der Waals surface area (Å²) >= 11 is 13.2. The first-order valence-corrected chi connectivity index (χ1v) is 9.95. The molecule has 1 spiro atoms. The van der Waals surface area contributed by atoms with Crippen LogP contribution in [0.3, 0.4) is 0 Å². The minimum absolute atomic E-state index is 0.287. The number of nitrogens with zero attached hydrogens (tertiary/aromatic N) is 3. The molecule has 146 valence electrons. The average Bonchev–Trinajstić information content (AvgIpc) is 3.34. The van der Waals surface area contributed by atoms with E-state index in [1.807, 2.05) is 6.07 Å². The molecule has 0 radical (unpaired) electrons. The largest absolute Gasteiger partial charge is 0.361 e. The Labute approximate surface area is 174 Å². The molecule has 3 heterocycles. The van der Waals surface area contributed by atoms with E-state index in [-0.39, 0.29) is 12.6 Å². The van der Waals surface area contributed by atoms with Gasteiger partial charge in [0.2, 0.25) is 0 Å². The third kappa shape index (κ3) is 3.19. The summed E-state index contributed by atoms with van der Waals surface area (Å²) in [5, 5.41) is 3.67. The molecule has 2 aromatic rings. The van der Waals surface area contributed by atoms with Crippen LogP contribution in [0.15, 0.2) is 24.4 Å². The summed E-state index contributed by atoms with van der Waals surface area (Å²) < 4.78 is 0.469. The van der Waals surface area contributed by atoms with Crippen molar-refractivity contribution in [1.82, 2.24) is 9.88 Å². The highest BCUT2D eigenvalue weighted by Crippen LogP contribution is 2.47. The Bertz CT molecular complexity index is 997. The van der Waals surface area contributed by atoms with Crippen LogP contribution in [0.2, 0.25) is 9.36 Å². The van der Waals surface area contributed by atoms with E-state index in [0.717, 1.165) is 16.9 Å². The zero-order valence-electron chi connectivity index (χ0n) is 14.4. The summed E-state index contributed by atoms with van der Waals surface area (Å²) in [5.41, 5.74) is 6.21. The van der Waals surface area contributed by atoms with Gasteiger partial charge in [0.15, 0.2) is 5.13 Å². The van der Waals surface area contributed by atoms with Gasteiger partial charge in [0.1, 0.15) is 4.34 Å². The molecule has 4 amide bonds. The van der Waals surface area contributed by atoms with Crippen molar-refractivity contribution in [3.8, 4) is 0 Å². The second kappa shape index (κ2) is 6.91. The number of nitrogens with two attached hydrogens (primary N) is 1. The van der Waals surface area contributed by atoms with Crippen molar-refractivity contribution in [3.05, 3.63) is 39.3 Å². The van der Waals surface area contributed by atoms with E-state index in [1.165, 1.54) is 11.1 Å². The SMILES string of the molecule is NC(=O)C(=O)N1CCC2(C1)CN(C(=O)Nc1ncc(Cl)s1)c1ccc(Cl)cc12. The number of benzene rings is 1. The highest BCUT2D eigenvalue weighted by atomic mass is 35.5. The lowest BCUT2D eigenvalue weighted by Crippen LogP contribution is -2.43. The van der Waals surface area contributed by atoms with Crippen molar-refractivity contribution in [2.24, 2.45) is 5.73 Å². The average molecular weight is 440 g/mol. The number of halogens is 2. The number of aromatic nitrogens is 1. The number of thiazole rings is 1. The Balaban J connectivity index is 1.64. The van der Waals surface area contributed by atoms with Crippen LogP contribution >= 0.6 is 34.5 Å². The van der Waals surface area contributed by atoms with Crippen LogP contribution in [0.1, 0.15) is 12.0 Å². The molecule has 3 N–H and O–H groups in total. The molecule has 0 aliphatic carbocycles. The topological polar surface area (TPSA) is 109 Å². The molecule has 1 atom stereocenters. The predicted molar refractivity (Wildman–Crippen MR) is 107 cm³/mol. The van der Waals surface area contributed by atoms with Crippen molar-refractivity contribution in [2.75, 3.05) is 29.9 Å². The van der Waals surface area contributed by atoms with Crippen LogP contribution in [0.5, 0.6) is 0 Å². The predicted octanol–water partition coefficient (Wildman–Crippen LogP) is 2.46. The molecule has 2 aliphatic rings. The van der Waals surface area contributed by atoms with Crippen molar-refractivity contribution in [1.29, 1.82) is 0 Å². The third-order valence-electron chi connectivity index (χ3n) is 5.07. The van der Waals surface area contributed by atoms with Crippen LogP contribution in [-0.2, 0) is 15.0 Å². The quantitative estimate of drug-likeness (QED) is 0.664. The number of hydrogen-bond acceptors (Lipinski definition) is 5. The number of anilines is 2. The maximum Gasteiger partial charge on any atom is 0.328 e. The van der Waals surface area contributed by atoms with Gasteiger partial charge >= 0.3 is 17.8 Å². The maximum absolute atomic E-state index is 12.9. The standard InChI is InChI=1S/C17H15Cl2N5O3S/c18-9-1-2-11-10(5-9)17(3-4-23(7-17)14(26)13(20)25)8-24(11)16(27)22-15-21-6-12(19)28-15/h1-2,5-6H,3-4,7-8H2,(H2,20,25)(H,21,22,27). The Morgan fingerprint density at radius 3 is 2.71 bits per heavy atom. The van der Waals surface area contributed by atoms with Crippen molar-refractivity contribution >= 4 is 63.2 Å². The third-order valence-corrected chi connectivity index (χ3v) is 6.34. The number of likely N-dealkylation sites (tertiary alicyclic amines) is 1. The van der Waals surface area contributed by atoms with E-state index >= 15 is 0 Å². The number of carbonyl (C=O) groups excluding carboxylic acids is 3. The molecular formula is C17H15Cl2N5O3S. The minimum atomic E-state index is -0.989. The molecular weight excluding hydrogens is 425 g/mol. The molecule has 1 aromatic carbocycles. The number of amides is 4. The molecule has 2 aliphatic heterocycles. The zero-order valence-corrected chi connectivity index (χ0v) is 16.8. The number of hydrogen-bond donors (Lipinski definition) is 2. The van der Waals surface area contributed by atoms with Crippen LogP contribution in [0, 0.1) is 0 Å². The summed E-state index contributed by atoms with van der Waals surface area (Å²) in [6.45, 7) is 1.01. The summed E-state index contributed by atoms with van der Waals surface area (Å²) in [4.78, 5) is 43.3. The van der Waals surface area contributed by atoms with Crippen molar-refractivity contribution in [3.63, 3.8) is 0 Å². The van der Waals surface area contributed by atoms with Gasteiger partial charge in [0.05, 0.1) is 6.20 Å². The smallest absolute Gasteiger partial charge is 0.328 e. The van der Waals surface area contributed by atoms with Crippen molar-refractivity contribution in [2.45, 2.75) is 11.8 Å². The number of fused-ring (bicyclic) bond motifs is 2. The van der Waals surface area contributed by atoms with Gasteiger partial charge in [0.25, 0.3) is 0 Å². The lowest BCUT2D eigenvalue weighted by atomic mass is 9.81. The van der Waals surface area contributed by atoms with Crippen LogP contribution < -0.4 is 16.0 Å². The fraction of sp³-hybridized carbons (Fsp3) is 0.294. The Morgan fingerprint density at radius 1 is 1.25 bits per heavy atom. The number of rotatable bonds is 1. The summed E-state index contributed by atoms with van der Waals surface area (Å²) in [5.74, 6) is -1.71. The fourth-order valence-corrected chi connectivity index (χ4v) is 4.82. The Kier molecular flexibility index (Phi) is 4.68. The van der Waals surface area contributed by atoms with E-state index in [1.54, 1.807) is 17.0 Å². The highest BCUT2D eigenvalue weighted by molar-refractivity contribution is 7.19. The van der Waals surface area contributed by atoms with Gasteiger partial charge in [-0.05, 0) is 30.2 Å². The molecule has 1 unspecified atom stereocenters. The first-order valence-electron chi connectivity index (χ1n) is 8.38. The molecule has 28 heavy (non-hydrogen) atoms. The zero-order chi connectivity index (χ0) is 20.1. The second-order valence-electron chi connectivity index (χ2n) is 6.77. The first kappa shape index (κ1) is 19.0. The van der Waals surface area contributed by atoms with E-state index in [9.17, 15) is 14.4 Å². The van der Waals surface area contributed by atoms with E-state index in [0.29, 0.717) is 39.7 Å². The number of primary amides is 1. The number of carbonyl (C=O) groups is 3. The fourth-order valence-electron chi connectivity index (χ4n) is 3.84. The molecule has 4 rings (SSSR count). The number of urea groups is 1. The Hall–Kier alpha value is -2.36. The van der Waals surface area contributed by atoms with Gasteiger partial charge < -0.3 is 10.6 Å². The lowest BCUT2D eigenvalue weighted by Gasteiger charge is -2.25. The van der Waals surface area contributed by atoms with Gasteiger partial charge in [-0.3, -0.25) is 19.8 Å². The lowest BCUT2D eigenvalue weighted by molar-refractivity contribution is -0.143. The van der Waals surface area contributed by atoms with Crippen LogP contribution in [0.25, 0.3) is 0 Å². The van der Waals surface area contributed by atoms with Gasteiger partial charge in [-0.25, -0.2) is 9.78 Å². The second-order valence-corrected chi connectivity index (χ2v) is 8.87. The molecule has 1 saturated heterocycles. The maximum atomic E-state index is 12.9. The first-order chi connectivity index (χ1) is 13.3. The molecule has 8 nitrogen and oxygen atoms in total. The molecule has 11 heteroatoms. The monoisotopic (exact) mass is 439 g/mol. The molecule has 0 bridgehead atoms. The summed E-state index contributed by atoms with van der Waals surface area (Å²) in [6, 6.07) is 4.94. The van der Waals surface area contributed by atoms with E-state index < -0.39 is 17.2 Å². The normalized spacial score (nSPS) is 20.5. The van der Waals surface area contributed by atoms with Crippen LogP contribution in [0.4, 0.5) is 15.6 Å². The molecule has 0 saturated carbocycles. The molecule has 1 fully saturated rings. The summed E-state index contributed by atoms with van der Waals surface area (Å²) in [6.07, 6.45) is 2.05. The summed E-state index contributed by atoms with van der Waals surface area (Å²) in [7, 11) is 0. The minimum Gasteiger partial charge on any atom is -0.361 e. The van der Waals surface area contributed by atoms with Gasteiger partial charge in [-0.1, -0.05) is 34.5 Å². The van der Waals surface area contributed by atoms with Gasteiger partial charge in [-0.15, -0.1) is 0 Å². The van der Waals surface area contributed by atoms with Gasteiger partial charge in [-0.2, -0.15) is 0 Å². The van der Waals surface area contributed by atoms with Crippen molar-refractivity contribution < 1.29 is 14.4 Å². The molecule has 1 aromatic heterocycles. The van der Waals surface area contributed by atoms with E-state index in [2.05, 4.69) is 10.3 Å². The van der Waals surface area contributed by atoms with E-state index in [4.69, 9.17) is 28.9 Å². The highest BCUT2D eigenvalue weighted by Gasteiger charge is 2.50. The van der Waals surface area contributed by atoms with Gasteiger partial charge in [0, 0.05) is 35.8 Å². The van der Waals surface area contributed by atoms with Crippen LogP contribution in [-0.4, -0.2) is 47.4 Å². The Morgan fingerprint density at radius 2 is 2.04 bits per heavy atom.